The summed E-state index contributed by atoms with van der Waals surface area (Å²) in [6.07, 6.45) is 8.77. The van der Waals surface area contributed by atoms with Gasteiger partial charge in [-0.3, -0.25) is 4.79 Å². The largest absolute Gasteiger partial charge is 0.378 e. The normalized spacial score (nSPS) is 26.2. The summed E-state index contributed by atoms with van der Waals surface area (Å²) >= 11 is 0. The molecule has 0 saturated carbocycles. The van der Waals surface area contributed by atoms with Crippen molar-refractivity contribution in [3.8, 4) is 0 Å². The van der Waals surface area contributed by atoms with E-state index in [1.807, 2.05) is 0 Å². The number of nitrogens with one attached hydrogen (secondary N) is 1. The van der Waals surface area contributed by atoms with Crippen LogP contribution >= 0.6 is 0 Å². The zero-order valence-electron chi connectivity index (χ0n) is 10.7. The summed E-state index contributed by atoms with van der Waals surface area (Å²) in [5.41, 5.74) is 0. The first-order chi connectivity index (χ1) is 8.34. The van der Waals surface area contributed by atoms with Gasteiger partial charge in [-0.05, 0) is 57.5 Å². The van der Waals surface area contributed by atoms with E-state index < -0.39 is 0 Å². The van der Waals surface area contributed by atoms with E-state index in [-0.39, 0.29) is 0 Å². The molecule has 0 spiro atoms. The number of ketones is 1. The Morgan fingerprint density at radius 3 is 2.59 bits per heavy atom. The molecule has 2 fully saturated rings. The van der Waals surface area contributed by atoms with E-state index >= 15 is 0 Å². The molecule has 0 aromatic carbocycles. The second kappa shape index (κ2) is 7.12. The predicted octanol–water partition coefficient (Wildman–Crippen LogP) is 2.29. The van der Waals surface area contributed by atoms with Crippen molar-refractivity contribution in [1.29, 1.82) is 0 Å². The van der Waals surface area contributed by atoms with E-state index in [0.29, 0.717) is 11.9 Å². The van der Waals surface area contributed by atoms with Gasteiger partial charge in [-0.1, -0.05) is 0 Å². The number of hydrogen-bond acceptors (Lipinski definition) is 3. The van der Waals surface area contributed by atoms with Gasteiger partial charge in [-0.25, -0.2) is 0 Å². The summed E-state index contributed by atoms with van der Waals surface area (Å²) < 4.78 is 5.54. The maximum absolute atomic E-state index is 11.8. The second-order valence-corrected chi connectivity index (χ2v) is 5.44. The number of carbonyl (C=O) groups is 1. The molecule has 98 valence electrons. The average molecular weight is 239 g/mol. The van der Waals surface area contributed by atoms with Gasteiger partial charge in [0.15, 0.2) is 0 Å². The van der Waals surface area contributed by atoms with E-state index in [1.165, 1.54) is 19.3 Å². The summed E-state index contributed by atoms with van der Waals surface area (Å²) in [5.74, 6) is 1.22. The highest BCUT2D eigenvalue weighted by molar-refractivity contribution is 5.78. The van der Waals surface area contributed by atoms with E-state index in [9.17, 15) is 4.79 Å². The molecule has 2 saturated heterocycles. The van der Waals surface area contributed by atoms with Crippen molar-refractivity contribution >= 4 is 5.78 Å². The molecule has 1 N–H and O–H groups in total. The van der Waals surface area contributed by atoms with Gasteiger partial charge in [0.2, 0.25) is 0 Å². The maximum atomic E-state index is 11.8. The molecule has 0 bridgehead atoms. The van der Waals surface area contributed by atoms with Gasteiger partial charge in [0.05, 0.1) is 6.10 Å². The van der Waals surface area contributed by atoms with Gasteiger partial charge in [-0.15, -0.1) is 0 Å². The Bertz CT molecular complexity index is 230. The Balaban J connectivity index is 1.53. The Kier molecular flexibility index (Phi) is 5.46. The van der Waals surface area contributed by atoms with Crippen LogP contribution in [-0.2, 0) is 9.53 Å². The lowest BCUT2D eigenvalue weighted by Gasteiger charge is -2.22. The third kappa shape index (κ3) is 4.76. The number of rotatable bonds is 6. The first-order valence-electron chi connectivity index (χ1n) is 7.18. The molecule has 0 amide bonds. The fraction of sp³-hybridized carbons (Fsp3) is 0.929. The van der Waals surface area contributed by atoms with Crippen LogP contribution in [-0.4, -0.2) is 31.6 Å². The molecule has 3 nitrogen and oxygen atoms in total. The van der Waals surface area contributed by atoms with Crippen molar-refractivity contribution in [3.05, 3.63) is 0 Å². The lowest BCUT2D eigenvalue weighted by Crippen LogP contribution is -2.28. The number of piperidine rings is 1. The minimum atomic E-state index is 0.373. The van der Waals surface area contributed by atoms with Gasteiger partial charge >= 0.3 is 0 Å². The van der Waals surface area contributed by atoms with Crippen molar-refractivity contribution in [2.75, 3.05) is 19.7 Å². The SMILES string of the molecule is O=C(CCC1CCNCC1)CCC1CCCO1. The topological polar surface area (TPSA) is 38.3 Å². The molecule has 17 heavy (non-hydrogen) atoms. The van der Waals surface area contributed by atoms with Gasteiger partial charge in [-0.2, -0.15) is 0 Å². The van der Waals surface area contributed by atoms with Crippen LogP contribution in [0.4, 0.5) is 0 Å². The summed E-state index contributed by atoms with van der Waals surface area (Å²) in [7, 11) is 0. The number of Topliss-reactive ketones (excluding diaryl/α,β-unsaturated/α-hetero) is 1. The summed E-state index contributed by atoms with van der Waals surface area (Å²) in [6, 6.07) is 0. The van der Waals surface area contributed by atoms with Crippen LogP contribution in [0.3, 0.4) is 0 Å². The molecule has 2 rings (SSSR count). The van der Waals surface area contributed by atoms with Gasteiger partial charge in [0, 0.05) is 19.4 Å². The molecule has 0 radical (unpaired) electrons. The first-order valence-corrected chi connectivity index (χ1v) is 7.18. The Hall–Kier alpha value is -0.410. The molecule has 2 aliphatic rings. The lowest BCUT2D eigenvalue weighted by atomic mass is 9.91. The Labute approximate surface area is 104 Å². The maximum Gasteiger partial charge on any atom is 0.133 e. The van der Waals surface area contributed by atoms with Gasteiger partial charge < -0.3 is 10.1 Å². The zero-order chi connectivity index (χ0) is 11.9. The van der Waals surface area contributed by atoms with Crippen molar-refractivity contribution in [2.24, 2.45) is 5.92 Å². The highest BCUT2D eigenvalue weighted by Crippen LogP contribution is 2.20. The van der Waals surface area contributed by atoms with E-state index in [0.717, 1.165) is 57.7 Å². The molecule has 3 heteroatoms. The minimum absolute atomic E-state index is 0.373. The molecule has 2 aliphatic heterocycles. The van der Waals surface area contributed by atoms with Crippen LogP contribution in [0.15, 0.2) is 0 Å². The number of ether oxygens (including phenoxy) is 1. The molecule has 0 aromatic heterocycles. The third-order valence-corrected chi connectivity index (χ3v) is 4.06. The molecular weight excluding hydrogens is 214 g/mol. The van der Waals surface area contributed by atoms with E-state index in [2.05, 4.69) is 5.32 Å². The van der Waals surface area contributed by atoms with Gasteiger partial charge in [0.25, 0.3) is 0 Å². The predicted molar refractivity (Wildman–Crippen MR) is 68.0 cm³/mol. The fourth-order valence-electron chi connectivity index (χ4n) is 2.85. The van der Waals surface area contributed by atoms with Crippen LogP contribution < -0.4 is 5.32 Å². The lowest BCUT2D eigenvalue weighted by molar-refractivity contribution is -0.120. The van der Waals surface area contributed by atoms with Crippen molar-refractivity contribution in [3.63, 3.8) is 0 Å². The highest BCUT2D eigenvalue weighted by Gasteiger charge is 2.18. The zero-order valence-corrected chi connectivity index (χ0v) is 10.7. The number of carbonyl (C=O) groups excluding carboxylic acids is 1. The van der Waals surface area contributed by atoms with Crippen molar-refractivity contribution < 1.29 is 9.53 Å². The summed E-state index contributed by atoms with van der Waals surface area (Å²) in [6.45, 7) is 3.16. The van der Waals surface area contributed by atoms with Crippen LogP contribution in [0.25, 0.3) is 0 Å². The molecule has 1 atom stereocenters. The average Bonchev–Trinajstić information content (AvgIpc) is 2.88. The van der Waals surface area contributed by atoms with Crippen LogP contribution in [0.5, 0.6) is 0 Å². The quantitative estimate of drug-likeness (QED) is 0.773. The van der Waals surface area contributed by atoms with Crippen LogP contribution in [0, 0.1) is 5.92 Å². The fourth-order valence-corrected chi connectivity index (χ4v) is 2.85. The summed E-state index contributed by atoms with van der Waals surface area (Å²) in [5, 5.41) is 3.36. The summed E-state index contributed by atoms with van der Waals surface area (Å²) in [4.78, 5) is 11.8. The molecule has 0 aromatic rings. The molecular formula is C14H25NO2. The van der Waals surface area contributed by atoms with Crippen LogP contribution in [0.2, 0.25) is 0 Å². The first kappa shape index (κ1) is 13.0. The van der Waals surface area contributed by atoms with E-state index in [4.69, 9.17) is 4.74 Å². The van der Waals surface area contributed by atoms with Crippen molar-refractivity contribution in [2.45, 2.75) is 57.5 Å². The highest BCUT2D eigenvalue weighted by atomic mass is 16.5. The molecule has 2 heterocycles. The van der Waals surface area contributed by atoms with Crippen molar-refractivity contribution in [1.82, 2.24) is 5.32 Å². The Morgan fingerprint density at radius 2 is 1.88 bits per heavy atom. The van der Waals surface area contributed by atoms with Gasteiger partial charge in [0.1, 0.15) is 5.78 Å². The second-order valence-electron chi connectivity index (χ2n) is 5.44. The standard InChI is InChI=1S/C14H25NO2/c16-13(5-6-14-2-1-11-17-14)4-3-12-7-9-15-10-8-12/h12,14-15H,1-11H2. The molecule has 0 aliphatic carbocycles. The Morgan fingerprint density at radius 1 is 1.12 bits per heavy atom. The minimum Gasteiger partial charge on any atom is -0.378 e. The third-order valence-electron chi connectivity index (χ3n) is 4.06. The molecule has 1 unspecified atom stereocenters. The monoisotopic (exact) mass is 239 g/mol. The van der Waals surface area contributed by atoms with Crippen LogP contribution in [0.1, 0.15) is 51.4 Å². The van der Waals surface area contributed by atoms with E-state index in [1.54, 1.807) is 0 Å². The number of hydrogen-bond donors (Lipinski definition) is 1. The smallest absolute Gasteiger partial charge is 0.133 e.